The third-order valence-electron chi connectivity index (χ3n) is 1.46. The van der Waals surface area contributed by atoms with E-state index in [9.17, 15) is 0 Å². The molecule has 6 nitrogen and oxygen atoms in total. The lowest BCUT2D eigenvalue weighted by molar-refractivity contribution is -0.0833. The molecule has 0 amide bonds. The molecule has 1 saturated heterocycles. The molecule has 0 saturated carbocycles. The van der Waals surface area contributed by atoms with Crippen molar-refractivity contribution in [3.8, 4) is 0 Å². The number of hydroxylamine groups is 1. The maximum Gasteiger partial charge on any atom is 0.212 e. The fourth-order valence-electron chi connectivity index (χ4n) is 0.878. The Bertz CT molecular complexity index is 156. The molecule has 70 valence electrons. The summed E-state index contributed by atoms with van der Waals surface area (Å²) in [4.78, 5) is 3.79. The predicted molar refractivity (Wildman–Crippen MR) is 42.0 cm³/mol. The first-order chi connectivity index (χ1) is 5.83. The average Bonchev–Trinajstić information content (AvgIpc) is 2.16. The van der Waals surface area contributed by atoms with Gasteiger partial charge in [0.1, 0.15) is 6.10 Å². The zero-order valence-corrected chi connectivity index (χ0v) is 6.69. The Morgan fingerprint density at radius 1 is 1.67 bits per heavy atom. The summed E-state index contributed by atoms with van der Waals surface area (Å²) in [6, 6.07) is 0. The van der Waals surface area contributed by atoms with Gasteiger partial charge in [0.25, 0.3) is 0 Å². The number of nitrogens with one attached hydrogen (secondary N) is 1. The molecular weight excluding hydrogens is 162 g/mol. The molecule has 0 radical (unpaired) electrons. The second-order valence-corrected chi connectivity index (χ2v) is 2.41. The Labute approximate surface area is 70.3 Å². The Morgan fingerprint density at radius 2 is 2.50 bits per heavy atom. The van der Waals surface area contributed by atoms with Gasteiger partial charge in [0, 0.05) is 0 Å². The highest BCUT2D eigenvalue weighted by Crippen LogP contribution is 2.00. The average molecular weight is 175 g/mol. The van der Waals surface area contributed by atoms with Crippen molar-refractivity contribution in [2.75, 3.05) is 26.4 Å². The van der Waals surface area contributed by atoms with E-state index in [-0.39, 0.29) is 12.1 Å². The molecule has 0 aromatic carbocycles. The van der Waals surface area contributed by atoms with Crippen LogP contribution in [0.3, 0.4) is 0 Å². The second kappa shape index (κ2) is 4.91. The van der Waals surface area contributed by atoms with Gasteiger partial charge in [-0.15, -0.1) is 0 Å². The topological polar surface area (TPSA) is 89.1 Å². The van der Waals surface area contributed by atoms with Crippen molar-refractivity contribution in [2.24, 2.45) is 10.7 Å². The van der Waals surface area contributed by atoms with E-state index in [1.165, 1.54) is 0 Å². The van der Waals surface area contributed by atoms with Gasteiger partial charge >= 0.3 is 0 Å². The van der Waals surface area contributed by atoms with Crippen molar-refractivity contribution in [2.45, 2.75) is 6.10 Å². The minimum Gasteiger partial charge on any atom is -0.376 e. The molecule has 1 atom stereocenters. The number of nitrogens with two attached hydrogens (primary N) is 1. The molecule has 1 heterocycles. The molecule has 1 rings (SSSR count). The van der Waals surface area contributed by atoms with Crippen LogP contribution >= 0.6 is 0 Å². The fraction of sp³-hybridized carbons (Fsp3) is 0.833. The SMILES string of the molecule is NC(=NCC1COCCO1)NO. The van der Waals surface area contributed by atoms with Crippen molar-refractivity contribution >= 4 is 5.96 Å². The van der Waals surface area contributed by atoms with Crippen LogP contribution in [-0.4, -0.2) is 43.6 Å². The molecule has 4 N–H and O–H groups in total. The van der Waals surface area contributed by atoms with Gasteiger partial charge in [-0.2, -0.15) is 0 Å². The molecule has 1 aliphatic heterocycles. The standard InChI is InChI=1S/C6H13N3O3/c7-6(9-10)8-3-5-4-11-1-2-12-5/h5,10H,1-4H2,(H3,7,8,9). The van der Waals surface area contributed by atoms with E-state index in [0.717, 1.165) is 0 Å². The summed E-state index contributed by atoms with van der Waals surface area (Å²) in [5, 5.41) is 8.29. The maximum atomic E-state index is 8.29. The largest absolute Gasteiger partial charge is 0.376 e. The lowest BCUT2D eigenvalue weighted by Crippen LogP contribution is -2.34. The number of hydrogen-bond acceptors (Lipinski definition) is 4. The Balaban J connectivity index is 2.21. The molecule has 12 heavy (non-hydrogen) atoms. The molecule has 0 aromatic rings. The summed E-state index contributed by atoms with van der Waals surface area (Å²) in [7, 11) is 0. The van der Waals surface area contributed by atoms with Gasteiger partial charge in [-0.3, -0.25) is 5.21 Å². The van der Waals surface area contributed by atoms with Crippen molar-refractivity contribution in [1.82, 2.24) is 5.48 Å². The van der Waals surface area contributed by atoms with E-state index in [4.69, 9.17) is 20.4 Å². The fourth-order valence-corrected chi connectivity index (χ4v) is 0.878. The summed E-state index contributed by atoms with van der Waals surface area (Å²) in [5.41, 5.74) is 6.92. The highest BCUT2D eigenvalue weighted by Gasteiger charge is 2.13. The first-order valence-corrected chi connectivity index (χ1v) is 3.72. The van der Waals surface area contributed by atoms with Gasteiger partial charge in [0.15, 0.2) is 0 Å². The highest BCUT2D eigenvalue weighted by atomic mass is 16.6. The number of guanidine groups is 1. The first kappa shape index (κ1) is 9.24. The van der Waals surface area contributed by atoms with Crippen LogP contribution < -0.4 is 11.2 Å². The molecule has 0 aromatic heterocycles. The van der Waals surface area contributed by atoms with Crippen molar-refractivity contribution in [3.05, 3.63) is 0 Å². The molecule has 6 heteroatoms. The van der Waals surface area contributed by atoms with E-state index in [2.05, 4.69) is 4.99 Å². The number of rotatable bonds is 2. The molecule has 1 aliphatic rings. The van der Waals surface area contributed by atoms with Crippen LogP contribution in [0.5, 0.6) is 0 Å². The number of aliphatic imine (C=N–C) groups is 1. The van der Waals surface area contributed by atoms with E-state index in [1.807, 2.05) is 0 Å². The Morgan fingerprint density at radius 3 is 3.08 bits per heavy atom. The zero-order valence-electron chi connectivity index (χ0n) is 6.69. The second-order valence-electron chi connectivity index (χ2n) is 2.41. The lowest BCUT2D eigenvalue weighted by Gasteiger charge is -2.21. The van der Waals surface area contributed by atoms with Gasteiger partial charge in [0.05, 0.1) is 26.4 Å². The normalized spacial score (nSPS) is 25.4. The number of hydrogen-bond donors (Lipinski definition) is 3. The van der Waals surface area contributed by atoms with Gasteiger partial charge in [-0.05, 0) is 0 Å². The minimum atomic E-state index is -0.0503. The summed E-state index contributed by atoms with van der Waals surface area (Å²) in [6.07, 6.45) is -0.0503. The summed E-state index contributed by atoms with van der Waals surface area (Å²) >= 11 is 0. The van der Waals surface area contributed by atoms with Gasteiger partial charge in [0.2, 0.25) is 5.96 Å². The summed E-state index contributed by atoms with van der Waals surface area (Å²) in [5.74, 6) is -0.0100. The Kier molecular flexibility index (Phi) is 3.78. The van der Waals surface area contributed by atoms with Crippen molar-refractivity contribution in [1.29, 1.82) is 0 Å². The summed E-state index contributed by atoms with van der Waals surface area (Å²) in [6.45, 7) is 2.15. The molecule has 0 bridgehead atoms. The first-order valence-electron chi connectivity index (χ1n) is 3.72. The maximum absolute atomic E-state index is 8.29. The molecule has 1 unspecified atom stereocenters. The zero-order chi connectivity index (χ0) is 8.81. The van der Waals surface area contributed by atoms with Crippen molar-refractivity contribution < 1.29 is 14.7 Å². The van der Waals surface area contributed by atoms with Crippen LogP contribution in [-0.2, 0) is 9.47 Å². The van der Waals surface area contributed by atoms with Crippen LogP contribution in [0.2, 0.25) is 0 Å². The van der Waals surface area contributed by atoms with Gasteiger partial charge in [-0.1, -0.05) is 0 Å². The van der Waals surface area contributed by atoms with Gasteiger partial charge < -0.3 is 15.2 Å². The van der Waals surface area contributed by atoms with Crippen molar-refractivity contribution in [3.63, 3.8) is 0 Å². The number of ether oxygens (including phenoxy) is 2. The van der Waals surface area contributed by atoms with E-state index < -0.39 is 0 Å². The van der Waals surface area contributed by atoms with Gasteiger partial charge in [-0.25, -0.2) is 10.5 Å². The van der Waals surface area contributed by atoms with Crippen LogP contribution in [0.4, 0.5) is 0 Å². The summed E-state index contributed by atoms with van der Waals surface area (Å²) < 4.78 is 10.4. The van der Waals surface area contributed by atoms with Crippen LogP contribution in [0.15, 0.2) is 4.99 Å². The highest BCUT2D eigenvalue weighted by molar-refractivity contribution is 5.76. The van der Waals surface area contributed by atoms with Crippen LogP contribution in [0, 0.1) is 0 Å². The quantitative estimate of drug-likeness (QED) is 0.275. The van der Waals surface area contributed by atoms with E-state index in [0.29, 0.717) is 26.4 Å². The van der Waals surface area contributed by atoms with E-state index >= 15 is 0 Å². The van der Waals surface area contributed by atoms with Crippen LogP contribution in [0.25, 0.3) is 0 Å². The van der Waals surface area contributed by atoms with E-state index in [1.54, 1.807) is 5.48 Å². The minimum absolute atomic E-state index is 0.0100. The molecule has 0 spiro atoms. The Hall–Kier alpha value is -0.850. The molecule has 1 fully saturated rings. The molecule has 0 aliphatic carbocycles. The third kappa shape index (κ3) is 3.04. The van der Waals surface area contributed by atoms with Crippen LogP contribution in [0.1, 0.15) is 0 Å². The smallest absolute Gasteiger partial charge is 0.212 e. The number of nitrogens with zero attached hydrogens (tertiary/aromatic N) is 1. The monoisotopic (exact) mass is 175 g/mol. The lowest BCUT2D eigenvalue weighted by atomic mass is 10.3. The third-order valence-corrected chi connectivity index (χ3v) is 1.46. The predicted octanol–water partition coefficient (Wildman–Crippen LogP) is -1.30. The molecular formula is C6H13N3O3.